The van der Waals surface area contributed by atoms with Crippen molar-refractivity contribution in [2.45, 2.75) is 58.6 Å². The van der Waals surface area contributed by atoms with Crippen LogP contribution in [0.25, 0.3) is 0 Å². The van der Waals surface area contributed by atoms with Crippen molar-refractivity contribution in [1.82, 2.24) is 4.90 Å². The molecular formula is C16H29NO3. The maximum Gasteiger partial charge on any atom is 0.323 e. The van der Waals surface area contributed by atoms with E-state index in [1.54, 1.807) is 0 Å². The highest BCUT2D eigenvalue weighted by Crippen LogP contribution is 2.31. The lowest BCUT2D eigenvalue weighted by molar-refractivity contribution is -0.161. The molecule has 20 heavy (non-hydrogen) atoms. The fourth-order valence-electron chi connectivity index (χ4n) is 3.35. The molecule has 0 N–H and O–H groups in total. The maximum absolute atomic E-state index is 12.3. The van der Waals surface area contributed by atoms with E-state index < -0.39 is 5.60 Å². The van der Waals surface area contributed by atoms with Gasteiger partial charge in [-0.05, 0) is 58.4 Å². The minimum atomic E-state index is -0.400. The molecule has 2 heterocycles. The second kappa shape index (κ2) is 6.44. The van der Waals surface area contributed by atoms with Crippen molar-refractivity contribution in [3.05, 3.63) is 0 Å². The fraction of sp³-hybridized carbons (Fsp3) is 0.938. The molecule has 2 fully saturated rings. The second-order valence-corrected chi connectivity index (χ2v) is 7.12. The normalized spacial score (nSPS) is 29.6. The summed E-state index contributed by atoms with van der Waals surface area (Å²) in [6.07, 6.45) is 3.19. The van der Waals surface area contributed by atoms with Crippen LogP contribution in [0.5, 0.6) is 0 Å². The number of rotatable bonds is 4. The molecule has 0 radical (unpaired) electrons. The lowest BCUT2D eigenvalue weighted by Crippen LogP contribution is -2.43. The molecule has 2 rings (SSSR count). The number of carbonyl (C=O) groups excluding carboxylic acids is 1. The predicted octanol–water partition coefficient (Wildman–Crippen LogP) is 2.47. The van der Waals surface area contributed by atoms with Crippen LogP contribution in [0, 0.1) is 11.8 Å². The standard InChI is InChI=1S/C16H29NO3/c1-5-14(15(18)20-16(2,3)4)17-8-6-12(10-17)13-7-9-19-11-13/h12-14H,5-11H2,1-4H3/t12-,13+,14+/m0/s1. The van der Waals surface area contributed by atoms with Crippen LogP contribution in [0.4, 0.5) is 0 Å². The number of likely N-dealkylation sites (tertiary alicyclic amines) is 1. The summed E-state index contributed by atoms with van der Waals surface area (Å²) in [7, 11) is 0. The Bertz CT molecular complexity index is 331. The fourth-order valence-corrected chi connectivity index (χ4v) is 3.35. The Labute approximate surface area is 122 Å². The lowest BCUT2D eigenvalue weighted by atomic mass is 9.91. The first kappa shape index (κ1) is 15.8. The van der Waals surface area contributed by atoms with Crippen molar-refractivity contribution >= 4 is 5.97 Å². The summed E-state index contributed by atoms with van der Waals surface area (Å²) < 4.78 is 11.1. The van der Waals surface area contributed by atoms with E-state index in [-0.39, 0.29) is 12.0 Å². The number of hydrogen-bond donors (Lipinski definition) is 0. The average molecular weight is 283 g/mol. The molecule has 0 bridgehead atoms. The molecule has 0 aliphatic carbocycles. The van der Waals surface area contributed by atoms with Crippen LogP contribution >= 0.6 is 0 Å². The van der Waals surface area contributed by atoms with E-state index in [1.807, 2.05) is 20.8 Å². The van der Waals surface area contributed by atoms with Gasteiger partial charge in [0.25, 0.3) is 0 Å². The van der Waals surface area contributed by atoms with E-state index in [1.165, 1.54) is 12.8 Å². The van der Waals surface area contributed by atoms with Gasteiger partial charge in [-0.2, -0.15) is 0 Å². The van der Waals surface area contributed by atoms with Gasteiger partial charge in [-0.15, -0.1) is 0 Å². The summed E-state index contributed by atoms with van der Waals surface area (Å²) in [4.78, 5) is 14.6. The Morgan fingerprint density at radius 3 is 2.65 bits per heavy atom. The Morgan fingerprint density at radius 1 is 1.35 bits per heavy atom. The summed E-state index contributed by atoms with van der Waals surface area (Å²) in [6.45, 7) is 11.7. The SMILES string of the molecule is CC[C@H](C(=O)OC(C)(C)C)N1CC[C@H]([C@@H]2CCOC2)C1. The van der Waals surface area contributed by atoms with Gasteiger partial charge in [0, 0.05) is 19.8 Å². The van der Waals surface area contributed by atoms with Crippen molar-refractivity contribution in [2.75, 3.05) is 26.3 Å². The number of ether oxygens (including phenoxy) is 2. The highest BCUT2D eigenvalue weighted by atomic mass is 16.6. The molecule has 0 spiro atoms. The summed E-state index contributed by atoms with van der Waals surface area (Å²) in [5.41, 5.74) is -0.400. The Morgan fingerprint density at radius 2 is 2.10 bits per heavy atom. The van der Waals surface area contributed by atoms with Crippen molar-refractivity contribution in [3.63, 3.8) is 0 Å². The molecule has 4 heteroatoms. The second-order valence-electron chi connectivity index (χ2n) is 7.12. The summed E-state index contributed by atoms with van der Waals surface area (Å²) >= 11 is 0. The molecule has 0 aromatic carbocycles. The van der Waals surface area contributed by atoms with Crippen LogP contribution in [0.1, 0.15) is 47.0 Å². The van der Waals surface area contributed by atoms with Crippen LogP contribution in [-0.2, 0) is 14.3 Å². The highest BCUT2D eigenvalue weighted by Gasteiger charge is 2.37. The van der Waals surface area contributed by atoms with Gasteiger partial charge in [0.2, 0.25) is 0 Å². The molecule has 0 saturated carbocycles. The van der Waals surface area contributed by atoms with Crippen LogP contribution in [0.15, 0.2) is 0 Å². The van der Waals surface area contributed by atoms with Gasteiger partial charge < -0.3 is 9.47 Å². The van der Waals surface area contributed by atoms with Crippen LogP contribution in [-0.4, -0.2) is 48.8 Å². The third kappa shape index (κ3) is 3.95. The van der Waals surface area contributed by atoms with E-state index in [9.17, 15) is 4.79 Å². The van der Waals surface area contributed by atoms with E-state index in [4.69, 9.17) is 9.47 Å². The maximum atomic E-state index is 12.3. The minimum absolute atomic E-state index is 0.0664. The Kier molecular flexibility index (Phi) is 5.08. The predicted molar refractivity (Wildman–Crippen MR) is 78.5 cm³/mol. The van der Waals surface area contributed by atoms with Gasteiger partial charge in [-0.25, -0.2) is 0 Å². The molecule has 116 valence electrons. The topological polar surface area (TPSA) is 38.8 Å². The monoisotopic (exact) mass is 283 g/mol. The lowest BCUT2D eigenvalue weighted by Gasteiger charge is -2.29. The molecular weight excluding hydrogens is 254 g/mol. The van der Waals surface area contributed by atoms with Crippen LogP contribution in [0.2, 0.25) is 0 Å². The van der Waals surface area contributed by atoms with E-state index in [2.05, 4.69) is 11.8 Å². The highest BCUT2D eigenvalue weighted by molar-refractivity contribution is 5.76. The van der Waals surface area contributed by atoms with E-state index in [0.29, 0.717) is 11.8 Å². The van der Waals surface area contributed by atoms with Gasteiger partial charge in [0.15, 0.2) is 0 Å². The average Bonchev–Trinajstić information content (AvgIpc) is 2.97. The largest absolute Gasteiger partial charge is 0.459 e. The number of carbonyl (C=O) groups is 1. The zero-order valence-corrected chi connectivity index (χ0v) is 13.4. The third-order valence-corrected chi connectivity index (χ3v) is 4.39. The quantitative estimate of drug-likeness (QED) is 0.743. The number of nitrogens with zero attached hydrogens (tertiary/aromatic N) is 1. The minimum Gasteiger partial charge on any atom is -0.459 e. The van der Waals surface area contributed by atoms with Crippen molar-refractivity contribution in [3.8, 4) is 0 Å². The molecule has 0 aromatic heterocycles. The first-order valence-electron chi connectivity index (χ1n) is 7.95. The van der Waals surface area contributed by atoms with Gasteiger partial charge in [0.05, 0.1) is 0 Å². The molecule has 3 atom stereocenters. The Balaban J connectivity index is 1.90. The molecule has 2 aliphatic heterocycles. The van der Waals surface area contributed by atoms with Crippen LogP contribution in [0.3, 0.4) is 0 Å². The zero-order valence-electron chi connectivity index (χ0n) is 13.4. The molecule has 0 unspecified atom stereocenters. The molecule has 2 aliphatic rings. The third-order valence-electron chi connectivity index (χ3n) is 4.39. The van der Waals surface area contributed by atoms with Crippen molar-refractivity contribution in [2.24, 2.45) is 11.8 Å². The van der Waals surface area contributed by atoms with Crippen molar-refractivity contribution < 1.29 is 14.3 Å². The van der Waals surface area contributed by atoms with E-state index >= 15 is 0 Å². The summed E-state index contributed by atoms with van der Waals surface area (Å²) in [5, 5.41) is 0. The van der Waals surface area contributed by atoms with Gasteiger partial charge in [0.1, 0.15) is 11.6 Å². The summed E-state index contributed by atoms with van der Waals surface area (Å²) in [6, 6.07) is -0.0819. The van der Waals surface area contributed by atoms with Gasteiger partial charge >= 0.3 is 5.97 Å². The number of esters is 1. The zero-order chi connectivity index (χ0) is 14.8. The Hall–Kier alpha value is -0.610. The van der Waals surface area contributed by atoms with Gasteiger partial charge in [-0.3, -0.25) is 9.69 Å². The molecule has 0 aromatic rings. The summed E-state index contributed by atoms with van der Waals surface area (Å²) in [5.74, 6) is 1.31. The first-order chi connectivity index (χ1) is 9.40. The molecule has 2 saturated heterocycles. The molecule has 0 amide bonds. The van der Waals surface area contributed by atoms with Crippen LogP contribution < -0.4 is 0 Å². The van der Waals surface area contributed by atoms with Gasteiger partial charge in [-0.1, -0.05) is 6.92 Å². The number of hydrogen-bond acceptors (Lipinski definition) is 4. The van der Waals surface area contributed by atoms with Crippen molar-refractivity contribution in [1.29, 1.82) is 0 Å². The molecule has 4 nitrogen and oxygen atoms in total. The smallest absolute Gasteiger partial charge is 0.323 e. The van der Waals surface area contributed by atoms with E-state index in [0.717, 1.165) is 32.7 Å². The first-order valence-corrected chi connectivity index (χ1v) is 7.95.